The quantitative estimate of drug-likeness (QED) is 0.289. The summed E-state index contributed by atoms with van der Waals surface area (Å²) in [5.41, 5.74) is 0.451. The number of amidine groups is 1. The van der Waals surface area contributed by atoms with Crippen molar-refractivity contribution in [1.29, 1.82) is 0 Å². The Balaban J connectivity index is 1.73. The number of carbonyl (C=O) groups excluding carboxylic acids is 2. The van der Waals surface area contributed by atoms with E-state index in [1.54, 1.807) is 4.90 Å². The van der Waals surface area contributed by atoms with E-state index in [4.69, 9.17) is 9.47 Å². The highest BCUT2D eigenvalue weighted by atomic mass is 32.2. The number of methoxy groups -OCH3 is 1. The second kappa shape index (κ2) is 12.1. The zero-order valence-corrected chi connectivity index (χ0v) is 19.7. The zero-order chi connectivity index (χ0) is 24.5. The van der Waals surface area contributed by atoms with Crippen molar-refractivity contribution >= 4 is 45.8 Å². The molecule has 0 aromatic heterocycles. The second-order valence-electron chi connectivity index (χ2n) is 7.27. The predicted molar refractivity (Wildman–Crippen MR) is 131 cm³/mol. The molecular weight excluding hydrogens is 460 g/mol. The Morgan fingerprint density at radius 1 is 1.26 bits per heavy atom. The standard InChI is InChI=1S/C23H26N4O6S/c1-3-33-13-7-12-26-22(29)20(34-23(26)24-16-8-5-4-6-9-16)15-21(28)25-18-11-10-17(32-2)14-19(18)27(30)31/h4-6,8-11,14,20H,3,7,12-13,15H2,1-2H3,(H,25,28). The molecule has 34 heavy (non-hydrogen) atoms. The molecule has 2 aromatic carbocycles. The van der Waals surface area contributed by atoms with Crippen LogP contribution in [0.4, 0.5) is 17.1 Å². The van der Waals surface area contributed by atoms with Crippen molar-refractivity contribution in [1.82, 2.24) is 4.90 Å². The molecule has 0 spiro atoms. The van der Waals surface area contributed by atoms with Gasteiger partial charge in [0, 0.05) is 26.2 Å². The Hall–Kier alpha value is -3.44. The van der Waals surface area contributed by atoms with E-state index < -0.39 is 16.1 Å². The molecule has 1 heterocycles. The number of thioether (sulfide) groups is 1. The van der Waals surface area contributed by atoms with Gasteiger partial charge in [0.25, 0.3) is 5.69 Å². The number of hydrogen-bond acceptors (Lipinski definition) is 8. The monoisotopic (exact) mass is 486 g/mol. The fourth-order valence-corrected chi connectivity index (χ4v) is 4.46. The minimum Gasteiger partial charge on any atom is -0.496 e. The molecule has 10 nitrogen and oxygen atoms in total. The van der Waals surface area contributed by atoms with Crippen LogP contribution in [0.15, 0.2) is 53.5 Å². The van der Waals surface area contributed by atoms with Crippen LogP contribution in [0.2, 0.25) is 0 Å². The first-order valence-electron chi connectivity index (χ1n) is 10.7. The first kappa shape index (κ1) is 25.2. The van der Waals surface area contributed by atoms with Crippen LogP contribution in [-0.4, -0.2) is 58.9 Å². The van der Waals surface area contributed by atoms with Crippen LogP contribution < -0.4 is 10.1 Å². The number of hydrogen-bond donors (Lipinski definition) is 1. The summed E-state index contributed by atoms with van der Waals surface area (Å²) in [5, 5.41) is 13.8. The average molecular weight is 487 g/mol. The lowest BCUT2D eigenvalue weighted by Crippen LogP contribution is -2.34. The number of nitrogens with one attached hydrogen (secondary N) is 1. The average Bonchev–Trinajstić information content (AvgIpc) is 3.11. The van der Waals surface area contributed by atoms with E-state index in [1.165, 1.54) is 37.1 Å². The molecule has 2 amide bonds. The van der Waals surface area contributed by atoms with Gasteiger partial charge in [-0.05, 0) is 37.6 Å². The van der Waals surface area contributed by atoms with Gasteiger partial charge in [0.05, 0.1) is 23.8 Å². The number of ether oxygens (including phenoxy) is 2. The van der Waals surface area contributed by atoms with E-state index in [0.717, 1.165) is 0 Å². The Bertz CT molecular complexity index is 1060. The minimum atomic E-state index is -0.688. The fourth-order valence-electron chi connectivity index (χ4n) is 3.28. The highest BCUT2D eigenvalue weighted by Gasteiger charge is 2.39. The molecule has 0 bridgehead atoms. The van der Waals surface area contributed by atoms with Gasteiger partial charge < -0.3 is 14.8 Å². The van der Waals surface area contributed by atoms with E-state index >= 15 is 0 Å². The molecule has 0 radical (unpaired) electrons. The van der Waals surface area contributed by atoms with Crippen LogP contribution in [0, 0.1) is 10.1 Å². The van der Waals surface area contributed by atoms with Gasteiger partial charge in [-0.15, -0.1) is 0 Å². The van der Waals surface area contributed by atoms with Crippen molar-refractivity contribution in [3.05, 3.63) is 58.6 Å². The van der Waals surface area contributed by atoms with Crippen LogP contribution >= 0.6 is 11.8 Å². The summed E-state index contributed by atoms with van der Waals surface area (Å²) in [6.07, 6.45) is 0.480. The van der Waals surface area contributed by atoms with Crippen molar-refractivity contribution in [2.75, 3.05) is 32.2 Å². The van der Waals surface area contributed by atoms with Crippen molar-refractivity contribution in [3.63, 3.8) is 0 Å². The molecule has 1 saturated heterocycles. The first-order chi connectivity index (χ1) is 16.4. The summed E-state index contributed by atoms with van der Waals surface area (Å²) in [6, 6.07) is 13.4. The van der Waals surface area contributed by atoms with Crippen molar-refractivity contribution < 1.29 is 24.0 Å². The molecule has 1 N–H and O–H groups in total. The van der Waals surface area contributed by atoms with Gasteiger partial charge in [0.2, 0.25) is 11.8 Å². The van der Waals surface area contributed by atoms with Crippen LogP contribution in [0.5, 0.6) is 5.75 Å². The van der Waals surface area contributed by atoms with Gasteiger partial charge in [0.15, 0.2) is 5.17 Å². The van der Waals surface area contributed by atoms with Crippen LogP contribution in [0.3, 0.4) is 0 Å². The van der Waals surface area contributed by atoms with Gasteiger partial charge in [-0.1, -0.05) is 30.0 Å². The van der Waals surface area contributed by atoms with Gasteiger partial charge in [0.1, 0.15) is 16.7 Å². The smallest absolute Gasteiger partial charge is 0.296 e. The van der Waals surface area contributed by atoms with E-state index in [9.17, 15) is 19.7 Å². The molecule has 0 saturated carbocycles. The number of nitrogens with zero attached hydrogens (tertiary/aromatic N) is 3. The van der Waals surface area contributed by atoms with Crippen LogP contribution in [0.25, 0.3) is 0 Å². The maximum absolute atomic E-state index is 13.1. The predicted octanol–water partition coefficient (Wildman–Crippen LogP) is 3.99. The molecule has 0 aliphatic carbocycles. The summed E-state index contributed by atoms with van der Waals surface area (Å²) in [4.78, 5) is 42.8. The Kier molecular flexibility index (Phi) is 9.00. The van der Waals surface area contributed by atoms with E-state index in [1.807, 2.05) is 37.3 Å². The van der Waals surface area contributed by atoms with Gasteiger partial charge in [-0.25, -0.2) is 4.99 Å². The zero-order valence-electron chi connectivity index (χ0n) is 18.9. The Morgan fingerprint density at radius 2 is 2.03 bits per heavy atom. The summed E-state index contributed by atoms with van der Waals surface area (Å²) in [6.45, 7) is 3.42. The molecule has 11 heteroatoms. The van der Waals surface area contributed by atoms with E-state index in [2.05, 4.69) is 10.3 Å². The number of nitro groups is 1. The molecule has 2 aromatic rings. The third-order valence-corrected chi connectivity index (χ3v) is 6.10. The summed E-state index contributed by atoms with van der Waals surface area (Å²) in [7, 11) is 1.40. The molecule has 3 rings (SSSR count). The maximum Gasteiger partial charge on any atom is 0.296 e. The lowest BCUT2D eigenvalue weighted by Gasteiger charge is -2.16. The van der Waals surface area contributed by atoms with Gasteiger partial charge in [-0.2, -0.15) is 0 Å². The lowest BCUT2D eigenvalue weighted by molar-refractivity contribution is -0.384. The number of aliphatic imine (C=N–C) groups is 1. The number of carbonyl (C=O) groups is 2. The number of para-hydroxylation sites is 1. The molecular formula is C23H26N4O6S. The summed E-state index contributed by atoms with van der Waals surface area (Å²) in [5.74, 6) is -0.430. The van der Waals surface area contributed by atoms with Gasteiger partial charge in [-0.3, -0.25) is 24.6 Å². The van der Waals surface area contributed by atoms with E-state index in [0.29, 0.717) is 42.8 Å². The third kappa shape index (κ3) is 6.55. The summed E-state index contributed by atoms with van der Waals surface area (Å²) >= 11 is 1.21. The SMILES string of the molecule is CCOCCCN1C(=O)C(CC(=O)Nc2ccc(OC)cc2[N+](=O)[O-])SC1=Nc1ccccc1. The highest BCUT2D eigenvalue weighted by molar-refractivity contribution is 8.15. The number of benzene rings is 2. The summed E-state index contributed by atoms with van der Waals surface area (Å²) < 4.78 is 10.4. The largest absolute Gasteiger partial charge is 0.496 e. The van der Waals surface area contributed by atoms with Crippen molar-refractivity contribution in [3.8, 4) is 5.75 Å². The normalized spacial score (nSPS) is 16.6. The number of amides is 2. The molecule has 1 aliphatic heterocycles. The van der Waals surface area contributed by atoms with Crippen LogP contribution in [0.1, 0.15) is 19.8 Å². The van der Waals surface area contributed by atoms with Gasteiger partial charge >= 0.3 is 0 Å². The van der Waals surface area contributed by atoms with Crippen molar-refractivity contribution in [2.45, 2.75) is 25.0 Å². The second-order valence-corrected chi connectivity index (χ2v) is 8.44. The highest BCUT2D eigenvalue weighted by Crippen LogP contribution is 2.33. The number of anilines is 1. The number of rotatable bonds is 11. The molecule has 180 valence electrons. The molecule has 1 fully saturated rings. The van der Waals surface area contributed by atoms with Crippen molar-refractivity contribution in [2.24, 2.45) is 4.99 Å². The van der Waals surface area contributed by atoms with Crippen LogP contribution in [-0.2, 0) is 14.3 Å². The fraction of sp³-hybridized carbons (Fsp3) is 0.348. The minimum absolute atomic E-state index is 0.0398. The van der Waals surface area contributed by atoms with E-state index in [-0.39, 0.29) is 23.7 Å². The Labute approximate surface area is 201 Å². The first-order valence-corrected chi connectivity index (χ1v) is 11.6. The topological polar surface area (TPSA) is 123 Å². The molecule has 1 atom stereocenters. The third-order valence-electron chi connectivity index (χ3n) is 4.92. The maximum atomic E-state index is 13.1. The number of nitro benzene ring substituents is 1. The lowest BCUT2D eigenvalue weighted by atomic mass is 10.2. The molecule has 1 unspecified atom stereocenters. The Morgan fingerprint density at radius 3 is 2.71 bits per heavy atom. The molecule has 1 aliphatic rings.